The number of morpholine rings is 1. The second-order valence-electron chi connectivity index (χ2n) is 4.83. The van der Waals surface area contributed by atoms with Crippen LogP contribution in [0, 0.1) is 0 Å². The van der Waals surface area contributed by atoms with Gasteiger partial charge in [-0.15, -0.1) is 0 Å². The van der Waals surface area contributed by atoms with E-state index in [1.807, 2.05) is 24.4 Å². The number of nitrogens with zero attached hydrogens (tertiary/aromatic N) is 2. The Morgan fingerprint density at radius 1 is 1.00 bits per heavy atom. The molecule has 3 rings (SSSR count). The van der Waals surface area contributed by atoms with Gasteiger partial charge in [0.1, 0.15) is 0 Å². The van der Waals surface area contributed by atoms with Gasteiger partial charge in [0.15, 0.2) is 0 Å². The van der Waals surface area contributed by atoms with E-state index in [4.69, 9.17) is 4.74 Å². The van der Waals surface area contributed by atoms with E-state index in [1.54, 1.807) is 0 Å². The fourth-order valence-electron chi connectivity index (χ4n) is 2.38. The van der Waals surface area contributed by atoms with Gasteiger partial charge in [-0.05, 0) is 17.7 Å². The van der Waals surface area contributed by atoms with Crippen molar-refractivity contribution in [2.75, 3.05) is 26.3 Å². The summed E-state index contributed by atoms with van der Waals surface area (Å²) in [5, 5.41) is 2.22. The maximum atomic E-state index is 5.40. The molecule has 1 atom stereocenters. The molecule has 0 amide bonds. The molecule has 20 heavy (non-hydrogen) atoms. The standard InChI is InChI=1S/C16H19N3O/c1-2-6-14(7-3-1)16(15-8-4-5-9-17-15)18-19-10-12-20-13-11-19/h1-9,16,18H,10-13H2. The lowest BCUT2D eigenvalue weighted by Gasteiger charge is -2.31. The maximum absolute atomic E-state index is 5.40. The van der Waals surface area contributed by atoms with Crippen molar-refractivity contribution in [2.45, 2.75) is 6.04 Å². The Morgan fingerprint density at radius 2 is 1.75 bits per heavy atom. The Labute approximate surface area is 119 Å². The maximum Gasteiger partial charge on any atom is 0.0886 e. The minimum absolute atomic E-state index is 0.0792. The lowest BCUT2D eigenvalue weighted by molar-refractivity contribution is 0.00618. The molecular weight excluding hydrogens is 250 g/mol. The van der Waals surface area contributed by atoms with E-state index >= 15 is 0 Å². The van der Waals surface area contributed by atoms with Crippen LogP contribution in [0.4, 0.5) is 0 Å². The third-order valence-electron chi connectivity index (χ3n) is 3.44. The summed E-state index contributed by atoms with van der Waals surface area (Å²) in [5.41, 5.74) is 5.83. The first-order chi connectivity index (χ1) is 9.93. The first-order valence-corrected chi connectivity index (χ1v) is 6.98. The quantitative estimate of drug-likeness (QED) is 0.921. The van der Waals surface area contributed by atoms with Crippen molar-refractivity contribution in [1.82, 2.24) is 15.4 Å². The van der Waals surface area contributed by atoms with Gasteiger partial charge in [0, 0.05) is 19.3 Å². The summed E-state index contributed by atoms with van der Waals surface area (Å²) in [7, 11) is 0. The van der Waals surface area contributed by atoms with Gasteiger partial charge in [0.05, 0.1) is 24.9 Å². The lowest BCUT2D eigenvalue weighted by atomic mass is 10.0. The van der Waals surface area contributed by atoms with Crippen molar-refractivity contribution in [3.8, 4) is 0 Å². The fraction of sp³-hybridized carbons (Fsp3) is 0.312. The van der Waals surface area contributed by atoms with Crippen LogP contribution in [-0.4, -0.2) is 36.3 Å². The Balaban J connectivity index is 1.83. The number of ether oxygens (including phenoxy) is 1. The average molecular weight is 269 g/mol. The summed E-state index contributed by atoms with van der Waals surface area (Å²) in [5.74, 6) is 0. The molecule has 1 unspecified atom stereocenters. The molecule has 4 heteroatoms. The second-order valence-corrected chi connectivity index (χ2v) is 4.83. The molecule has 0 aliphatic carbocycles. The zero-order chi connectivity index (χ0) is 13.6. The van der Waals surface area contributed by atoms with E-state index in [1.165, 1.54) is 5.56 Å². The van der Waals surface area contributed by atoms with Crippen LogP contribution in [0.1, 0.15) is 17.3 Å². The lowest BCUT2D eigenvalue weighted by Crippen LogP contribution is -2.47. The van der Waals surface area contributed by atoms with Crippen LogP contribution in [-0.2, 0) is 4.74 Å². The molecule has 0 bridgehead atoms. The first kappa shape index (κ1) is 13.2. The molecule has 1 fully saturated rings. The van der Waals surface area contributed by atoms with Crippen LogP contribution in [0.5, 0.6) is 0 Å². The Morgan fingerprint density at radius 3 is 2.45 bits per heavy atom. The molecule has 1 aromatic heterocycles. The molecule has 2 aromatic rings. The number of hydrazine groups is 1. The number of aromatic nitrogens is 1. The molecule has 1 aliphatic heterocycles. The van der Waals surface area contributed by atoms with Crippen LogP contribution < -0.4 is 5.43 Å². The van der Waals surface area contributed by atoms with E-state index in [0.717, 1.165) is 32.0 Å². The summed E-state index contributed by atoms with van der Waals surface area (Å²) in [6, 6.07) is 16.5. The highest BCUT2D eigenvalue weighted by Gasteiger charge is 2.19. The van der Waals surface area contributed by atoms with Crippen LogP contribution >= 0.6 is 0 Å². The second kappa shape index (κ2) is 6.61. The predicted molar refractivity (Wildman–Crippen MR) is 78.0 cm³/mol. The smallest absolute Gasteiger partial charge is 0.0886 e. The van der Waals surface area contributed by atoms with Gasteiger partial charge in [-0.2, -0.15) is 0 Å². The highest BCUT2D eigenvalue weighted by atomic mass is 16.5. The molecule has 0 spiro atoms. The SMILES string of the molecule is c1ccc(C(NN2CCOCC2)c2ccccn2)cc1. The predicted octanol–water partition coefficient (Wildman–Crippen LogP) is 2.01. The Hall–Kier alpha value is -1.75. The average Bonchev–Trinajstić information content (AvgIpc) is 2.55. The van der Waals surface area contributed by atoms with Crippen LogP contribution in [0.2, 0.25) is 0 Å². The highest BCUT2D eigenvalue weighted by molar-refractivity contribution is 5.27. The molecule has 4 nitrogen and oxygen atoms in total. The van der Waals surface area contributed by atoms with Gasteiger partial charge in [-0.3, -0.25) is 4.98 Å². The van der Waals surface area contributed by atoms with E-state index in [2.05, 4.69) is 45.8 Å². The van der Waals surface area contributed by atoms with Gasteiger partial charge in [-0.1, -0.05) is 36.4 Å². The van der Waals surface area contributed by atoms with E-state index in [0.29, 0.717) is 0 Å². The van der Waals surface area contributed by atoms with Crippen LogP contribution in [0.15, 0.2) is 54.7 Å². The Bertz CT molecular complexity index is 472. The minimum atomic E-state index is 0.0792. The van der Waals surface area contributed by atoms with E-state index in [9.17, 15) is 0 Å². The fourth-order valence-corrected chi connectivity index (χ4v) is 2.38. The van der Waals surface area contributed by atoms with Gasteiger partial charge >= 0.3 is 0 Å². The summed E-state index contributed by atoms with van der Waals surface area (Å²) < 4.78 is 5.40. The summed E-state index contributed by atoms with van der Waals surface area (Å²) in [6.45, 7) is 3.35. The number of rotatable bonds is 4. The zero-order valence-corrected chi connectivity index (χ0v) is 11.4. The number of nitrogens with one attached hydrogen (secondary N) is 1. The topological polar surface area (TPSA) is 37.4 Å². The van der Waals surface area contributed by atoms with Crippen molar-refractivity contribution < 1.29 is 4.74 Å². The Kier molecular flexibility index (Phi) is 4.38. The molecule has 0 radical (unpaired) electrons. The molecule has 1 N–H and O–H groups in total. The van der Waals surface area contributed by atoms with Gasteiger partial charge < -0.3 is 4.74 Å². The summed E-state index contributed by atoms with van der Waals surface area (Å²) in [6.07, 6.45) is 1.84. The molecule has 2 heterocycles. The van der Waals surface area contributed by atoms with E-state index in [-0.39, 0.29) is 6.04 Å². The van der Waals surface area contributed by atoms with Crippen molar-refractivity contribution in [2.24, 2.45) is 0 Å². The van der Waals surface area contributed by atoms with Crippen molar-refractivity contribution in [3.63, 3.8) is 0 Å². The monoisotopic (exact) mass is 269 g/mol. The van der Waals surface area contributed by atoms with Gasteiger partial charge in [-0.25, -0.2) is 10.4 Å². The summed E-state index contributed by atoms with van der Waals surface area (Å²) in [4.78, 5) is 4.50. The first-order valence-electron chi connectivity index (χ1n) is 6.98. The normalized spacial score (nSPS) is 17.8. The largest absolute Gasteiger partial charge is 0.379 e. The highest BCUT2D eigenvalue weighted by Crippen LogP contribution is 2.20. The number of pyridine rings is 1. The van der Waals surface area contributed by atoms with E-state index < -0.39 is 0 Å². The minimum Gasteiger partial charge on any atom is -0.379 e. The zero-order valence-electron chi connectivity index (χ0n) is 11.4. The van der Waals surface area contributed by atoms with Gasteiger partial charge in [0.25, 0.3) is 0 Å². The number of hydrogen-bond donors (Lipinski definition) is 1. The third kappa shape index (κ3) is 3.22. The van der Waals surface area contributed by atoms with Crippen molar-refractivity contribution in [1.29, 1.82) is 0 Å². The molecule has 0 saturated carbocycles. The summed E-state index contributed by atoms with van der Waals surface area (Å²) >= 11 is 0. The molecule has 1 aliphatic rings. The van der Waals surface area contributed by atoms with Crippen LogP contribution in [0.3, 0.4) is 0 Å². The van der Waals surface area contributed by atoms with Gasteiger partial charge in [0.2, 0.25) is 0 Å². The van der Waals surface area contributed by atoms with Crippen LogP contribution in [0.25, 0.3) is 0 Å². The van der Waals surface area contributed by atoms with Crippen molar-refractivity contribution in [3.05, 3.63) is 66.0 Å². The number of benzene rings is 1. The molecule has 1 aromatic carbocycles. The molecular formula is C16H19N3O. The molecule has 1 saturated heterocycles. The molecule has 104 valence electrons. The third-order valence-corrected chi connectivity index (χ3v) is 3.44. The van der Waals surface area contributed by atoms with Crippen molar-refractivity contribution >= 4 is 0 Å². The number of hydrogen-bond acceptors (Lipinski definition) is 4.